The Bertz CT molecular complexity index is 708. The number of para-hydroxylation sites is 2. The van der Waals surface area contributed by atoms with Gasteiger partial charge < -0.3 is 9.84 Å². The SMILES string of the molecule is Cc1cc(Oc2ccccc2O)n2ncnc2n1. The first kappa shape index (κ1) is 10.5. The Morgan fingerprint density at radius 3 is 2.94 bits per heavy atom. The Hall–Kier alpha value is -2.63. The number of rotatable bonds is 2. The van der Waals surface area contributed by atoms with Crippen molar-refractivity contribution < 1.29 is 9.84 Å². The molecule has 0 atom stereocenters. The van der Waals surface area contributed by atoms with Crippen LogP contribution in [-0.4, -0.2) is 24.7 Å². The molecule has 6 nitrogen and oxygen atoms in total. The third kappa shape index (κ3) is 1.73. The van der Waals surface area contributed by atoms with E-state index < -0.39 is 0 Å². The summed E-state index contributed by atoms with van der Waals surface area (Å²) in [6.07, 6.45) is 1.40. The number of phenolic OH excluding ortho intramolecular Hbond substituents is 1. The van der Waals surface area contributed by atoms with Gasteiger partial charge in [-0.2, -0.15) is 14.6 Å². The average Bonchev–Trinajstić information content (AvgIpc) is 2.80. The van der Waals surface area contributed by atoms with Crippen LogP contribution in [0.15, 0.2) is 36.7 Å². The number of aryl methyl sites for hydroxylation is 1. The van der Waals surface area contributed by atoms with E-state index in [9.17, 15) is 5.11 Å². The fourth-order valence-corrected chi connectivity index (χ4v) is 1.63. The molecule has 2 aromatic heterocycles. The summed E-state index contributed by atoms with van der Waals surface area (Å²) in [6, 6.07) is 8.47. The van der Waals surface area contributed by atoms with Gasteiger partial charge in [0.1, 0.15) is 6.33 Å². The van der Waals surface area contributed by atoms with Crippen molar-refractivity contribution in [1.29, 1.82) is 0 Å². The Morgan fingerprint density at radius 2 is 2.11 bits per heavy atom. The van der Waals surface area contributed by atoms with Crippen molar-refractivity contribution in [3.8, 4) is 17.4 Å². The number of hydrogen-bond acceptors (Lipinski definition) is 5. The summed E-state index contributed by atoms with van der Waals surface area (Å²) in [6.45, 7) is 1.84. The van der Waals surface area contributed by atoms with Crippen LogP contribution in [-0.2, 0) is 0 Å². The molecule has 0 aliphatic rings. The second-order valence-electron chi connectivity index (χ2n) is 3.78. The summed E-state index contributed by atoms with van der Waals surface area (Å²) >= 11 is 0. The first-order chi connectivity index (χ1) is 8.74. The summed E-state index contributed by atoms with van der Waals surface area (Å²) < 4.78 is 7.10. The molecule has 18 heavy (non-hydrogen) atoms. The predicted molar refractivity (Wildman–Crippen MR) is 63.7 cm³/mol. The van der Waals surface area contributed by atoms with E-state index >= 15 is 0 Å². The molecule has 1 N–H and O–H groups in total. The molecule has 3 aromatic rings. The molecule has 0 amide bonds. The van der Waals surface area contributed by atoms with Gasteiger partial charge in [-0.15, -0.1) is 0 Å². The largest absolute Gasteiger partial charge is 0.504 e. The van der Waals surface area contributed by atoms with E-state index in [4.69, 9.17) is 4.74 Å². The molecule has 3 rings (SSSR count). The number of nitrogens with zero attached hydrogens (tertiary/aromatic N) is 4. The lowest BCUT2D eigenvalue weighted by Crippen LogP contribution is -1.99. The number of hydrogen-bond donors (Lipinski definition) is 1. The van der Waals surface area contributed by atoms with Crippen LogP contribution >= 0.6 is 0 Å². The van der Waals surface area contributed by atoms with E-state index in [1.165, 1.54) is 10.8 Å². The Kier molecular flexibility index (Phi) is 2.33. The molecular formula is C12H10N4O2. The van der Waals surface area contributed by atoms with Crippen molar-refractivity contribution in [2.24, 2.45) is 0 Å². The fourth-order valence-electron chi connectivity index (χ4n) is 1.63. The van der Waals surface area contributed by atoms with Crippen molar-refractivity contribution in [2.45, 2.75) is 6.92 Å². The Balaban J connectivity index is 2.10. The molecule has 0 aliphatic carbocycles. The quantitative estimate of drug-likeness (QED) is 0.743. The van der Waals surface area contributed by atoms with E-state index in [1.54, 1.807) is 30.3 Å². The molecule has 0 radical (unpaired) electrons. The van der Waals surface area contributed by atoms with Crippen LogP contribution in [0.5, 0.6) is 17.4 Å². The smallest absolute Gasteiger partial charge is 0.255 e. The van der Waals surface area contributed by atoms with Gasteiger partial charge in [-0.05, 0) is 19.1 Å². The van der Waals surface area contributed by atoms with Crippen molar-refractivity contribution in [1.82, 2.24) is 19.6 Å². The van der Waals surface area contributed by atoms with Gasteiger partial charge in [-0.3, -0.25) is 0 Å². The normalized spacial score (nSPS) is 10.7. The Morgan fingerprint density at radius 1 is 1.28 bits per heavy atom. The maximum Gasteiger partial charge on any atom is 0.255 e. The van der Waals surface area contributed by atoms with Crippen LogP contribution in [0.25, 0.3) is 5.78 Å². The van der Waals surface area contributed by atoms with Gasteiger partial charge >= 0.3 is 0 Å². The van der Waals surface area contributed by atoms with Gasteiger partial charge in [-0.25, -0.2) is 4.98 Å². The summed E-state index contributed by atoms with van der Waals surface area (Å²) in [4.78, 5) is 8.21. The molecular weight excluding hydrogens is 232 g/mol. The third-order valence-electron chi connectivity index (χ3n) is 2.43. The summed E-state index contributed by atoms with van der Waals surface area (Å²) in [5.41, 5.74) is 0.765. The molecule has 0 unspecified atom stereocenters. The van der Waals surface area contributed by atoms with Crippen molar-refractivity contribution in [2.75, 3.05) is 0 Å². The number of aromatic hydroxyl groups is 1. The van der Waals surface area contributed by atoms with Gasteiger partial charge in [0.15, 0.2) is 11.5 Å². The van der Waals surface area contributed by atoms with Crippen LogP contribution in [0.3, 0.4) is 0 Å². The molecule has 0 bridgehead atoms. The fraction of sp³-hybridized carbons (Fsp3) is 0.0833. The maximum atomic E-state index is 9.68. The molecule has 0 fully saturated rings. The maximum absolute atomic E-state index is 9.68. The highest BCUT2D eigenvalue weighted by Gasteiger charge is 2.09. The summed E-state index contributed by atoms with van der Waals surface area (Å²) in [5.74, 6) is 1.34. The first-order valence-electron chi connectivity index (χ1n) is 5.37. The van der Waals surface area contributed by atoms with Crippen molar-refractivity contribution in [3.63, 3.8) is 0 Å². The molecule has 90 valence electrons. The van der Waals surface area contributed by atoms with Crippen molar-refractivity contribution >= 4 is 5.78 Å². The van der Waals surface area contributed by atoms with Crippen LogP contribution < -0.4 is 4.74 Å². The molecule has 2 heterocycles. The summed E-state index contributed by atoms with van der Waals surface area (Å²) in [5, 5.41) is 13.7. The minimum absolute atomic E-state index is 0.0697. The van der Waals surface area contributed by atoms with E-state index in [0.717, 1.165) is 5.69 Å². The van der Waals surface area contributed by atoms with Gasteiger partial charge in [0.2, 0.25) is 5.88 Å². The van der Waals surface area contributed by atoms with Crippen molar-refractivity contribution in [3.05, 3.63) is 42.4 Å². The molecule has 6 heteroatoms. The number of aromatic nitrogens is 4. The van der Waals surface area contributed by atoms with Gasteiger partial charge in [0.25, 0.3) is 5.78 Å². The molecule has 1 aromatic carbocycles. The first-order valence-corrected chi connectivity index (χ1v) is 5.37. The van der Waals surface area contributed by atoms with E-state index in [-0.39, 0.29) is 5.75 Å². The van der Waals surface area contributed by atoms with Gasteiger partial charge in [-0.1, -0.05) is 12.1 Å². The van der Waals surface area contributed by atoms with E-state index in [0.29, 0.717) is 17.4 Å². The molecule has 0 aliphatic heterocycles. The van der Waals surface area contributed by atoms with Crippen LogP contribution in [0.2, 0.25) is 0 Å². The number of phenols is 1. The second kappa shape index (κ2) is 3.99. The topological polar surface area (TPSA) is 72.5 Å². The minimum Gasteiger partial charge on any atom is -0.504 e. The average molecular weight is 242 g/mol. The predicted octanol–water partition coefficient (Wildman–Crippen LogP) is 1.93. The van der Waals surface area contributed by atoms with Crippen LogP contribution in [0, 0.1) is 6.92 Å². The lowest BCUT2D eigenvalue weighted by Gasteiger charge is -2.08. The third-order valence-corrected chi connectivity index (χ3v) is 2.43. The highest BCUT2D eigenvalue weighted by molar-refractivity contribution is 5.42. The monoisotopic (exact) mass is 242 g/mol. The van der Waals surface area contributed by atoms with Gasteiger partial charge in [0.05, 0.1) is 0 Å². The Labute approximate surface area is 103 Å². The molecule has 0 saturated heterocycles. The van der Waals surface area contributed by atoms with E-state index in [1.807, 2.05) is 6.92 Å². The zero-order valence-electron chi connectivity index (χ0n) is 9.61. The zero-order chi connectivity index (χ0) is 12.5. The van der Waals surface area contributed by atoms with Crippen LogP contribution in [0.1, 0.15) is 5.69 Å². The van der Waals surface area contributed by atoms with Gasteiger partial charge in [0, 0.05) is 11.8 Å². The lowest BCUT2D eigenvalue weighted by atomic mass is 10.3. The number of ether oxygens (including phenoxy) is 1. The lowest BCUT2D eigenvalue weighted by molar-refractivity contribution is 0.394. The highest BCUT2D eigenvalue weighted by atomic mass is 16.5. The minimum atomic E-state index is 0.0697. The summed E-state index contributed by atoms with van der Waals surface area (Å²) in [7, 11) is 0. The zero-order valence-corrected chi connectivity index (χ0v) is 9.61. The van der Waals surface area contributed by atoms with E-state index in [2.05, 4.69) is 15.1 Å². The van der Waals surface area contributed by atoms with Crippen LogP contribution in [0.4, 0.5) is 0 Å². The number of benzene rings is 1. The number of fused-ring (bicyclic) bond motifs is 1. The second-order valence-corrected chi connectivity index (χ2v) is 3.78. The standard InChI is InChI=1S/C12H10N4O2/c1-8-6-11(16-12(15-8)13-7-14-16)18-10-5-3-2-4-9(10)17/h2-7,17H,1H3. The molecule has 0 saturated carbocycles. The molecule has 0 spiro atoms. The highest BCUT2D eigenvalue weighted by Crippen LogP contribution is 2.29.